The van der Waals surface area contributed by atoms with Crippen molar-refractivity contribution < 1.29 is 4.39 Å². The van der Waals surface area contributed by atoms with Crippen LogP contribution in [0.15, 0.2) is 42.5 Å². The van der Waals surface area contributed by atoms with Crippen LogP contribution in [0.4, 0.5) is 21.5 Å². The van der Waals surface area contributed by atoms with Gasteiger partial charge in [0, 0.05) is 12.7 Å². The standard InChI is InChI=1S/C16H19FN2/c1-11(2)12-4-7-14(8-5-12)19(3)16-10-13(17)6-9-15(16)18/h4-11H,18H2,1-3H3. The molecule has 0 amide bonds. The number of nitrogen functional groups attached to an aromatic ring is 1. The van der Waals surface area contributed by atoms with Crippen molar-refractivity contribution in [3.8, 4) is 0 Å². The second-order valence-electron chi connectivity index (χ2n) is 5.01. The van der Waals surface area contributed by atoms with Gasteiger partial charge >= 0.3 is 0 Å². The van der Waals surface area contributed by atoms with Crippen LogP contribution < -0.4 is 10.6 Å². The SMILES string of the molecule is CC(C)c1ccc(N(C)c2cc(F)ccc2N)cc1. The van der Waals surface area contributed by atoms with Crippen molar-refractivity contribution in [3.63, 3.8) is 0 Å². The zero-order valence-electron chi connectivity index (χ0n) is 11.5. The maximum Gasteiger partial charge on any atom is 0.125 e. The molecule has 0 aliphatic heterocycles. The second kappa shape index (κ2) is 5.31. The molecule has 0 heterocycles. The third kappa shape index (κ3) is 2.87. The molecule has 0 fully saturated rings. The van der Waals surface area contributed by atoms with E-state index in [-0.39, 0.29) is 5.82 Å². The minimum Gasteiger partial charge on any atom is -0.397 e. The van der Waals surface area contributed by atoms with Crippen molar-refractivity contribution in [1.82, 2.24) is 0 Å². The molecule has 0 aliphatic rings. The van der Waals surface area contributed by atoms with Gasteiger partial charge in [-0.2, -0.15) is 0 Å². The first-order valence-electron chi connectivity index (χ1n) is 6.37. The lowest BCUT2D eigenvalue weighted by atomic mass is 10.0. The molecule has 19 heavy (non-hydrogen) atoms. The molecular formula is C16H19FN2. The van der Waals surface area contributed by atoms with Gasteiger partial charge in [0.1, 0.15) is 5.82 Å². The summed E-state index contributed by atoms with van der Waals surface area (Å²) in [5, 5.41) is 0. The summed E-state index contributed by atoms with van der Waals surface area (Å²) in [5.74, 6) is 0.216. The average Bonchev–Trinajstić information content (AvgIpc) is 2.41. The Morgan fingerprint density at radius 1 is 1.05 bits per heavy atom. The summed E-state index contributed by atoms with van der Waals surface area (Å²) in [7, 11) is 1.88. The van der Waals surface area contributed by atoms with Crippen molar-refractivity contribution in [1.29, 1.82) is 0 Å². The molecule has 0 atom stereocenters. The first-order valence-corrected chi connectivity index (χ1v) is 6.37. The third-order valence-corrected chi connectivity index (χ3v) is 3.30. The quantitative estimate of drug-likeness (QED) is 0.832. The first-order chi connectivity index (χ1) is 8.99. The number of nitrogens with zero attached hydrogens (tertiary/aromatic N) is 1. The number of hydrogen-bond acceptors (Lipinski definition) is 2. The highest BCUT2D eigenvalue weighted by Crippen LogP contribution is 2.30. The average molecular weight is 258 g/mol. The fraction of sp³-hybridized carbons (Fsp3) is 0.250. The number of benzene rings is 2. The Hall–Kier alpha value is -2.03. The van der Waals surface area contributed by atoms with Crippen molar-refractivity contribution in [2.24, 2.45) is 0 Å². The molecule has 2 rings (SSSR count). The number of hydrogen-bond donors (Lipinski definition) is 1. The van der Waals surface area contributed by atoms with Gasteiger partial charge in [-0.1, -0.05) is 26.0 Å². The highest BCUT2D eigenvalue weighted by atomic mass is 19.1. The molecule has 0 bridgehead atoms. The molecule has 3 heteroatoms. The van der Waals surface area contributed by atoms with Crippen molar-refractivity contribution in [2.45, 2.75) is 19.8 Å². The Morgan fingerprint density at radius 3 is 2.26 bits per heavy atom. The number of halogens is 1. The Balaban J connectivity index is 2.33. The molecule has 0 unspecified atom stereocenters. The van der Waals surface area contributed by atoms with E-state index < -0.39 is 0 Å². The molecule has 0 aromatic heterocycles. The summed E-state index contributed by atoms with van der Waals surface area (Å²) in [5.41, 5.74) is 9.41. The molecule has 0 aliphatic carbocycles. The lowest BCUT2D eigenvalue weighted by molar-refractivity contribution is 0.628. The van der Waals surface area contributed by atoms with E-state index in [9.17, 15) is 4.39 Å². The van der Waals surface area contributed by atoms with Crippen LogP contribution in [-0.2, 0) is 0 Å². The van der Waals surface area contributed by atoms with Gasteiger partial charge in [0.15, 0.2) is 0 Å². The molecular weight excluding hydrogens is 239 g/mol. The molecule has 2 nitrogen and oxygen atoms in total. The van der Waals surface area contributed by atoms with Gasteiger partial charge in [-0.25, -0.2) is 4.39 Å². The van der Waals surface area contributed by atoms with Crippen LogP contribution in [0.2, 0.25) is 0 Å². The summed E-state index contributed by atoms with van der Waals surface area (Å²) in [6.07, 6.45) is 0. The topological polar surface area (TPSA) is 29.3 Å². The number of anilines is 3. The maximum absolute atomic E-state index is 13.3. The maximum atomic E-state index is 13.3. The van der Waals surface area contributed by atoms with Gasteiger partial charge in [-0.15, -0.1) is 0 Å². The van der Waals surface area contributed by atoms with E-state index in [0.29, 0.717) is 17.3 Å². The zero-order chi connectivity index (χ0) is 14.0. The fourth-order valence-electron chi connectivity index (χ4n) is 2.03. The fourth-order valence-corrected chi connectivity index (χ4v) is 2.03. The minimum absolute atomic E-state index is 0.283. The van der Waals surface area contributed by atoms with Crippen LogP contribution in [0.5, 0.6) is 0 Å². The van der Waals surface area contributed by atoms with E-state index in [2.05, 4.69) is 26.0 Å². The Morgan fingerprint density at radius 2 is 1.68 bits per heavy atom. The van der Waals surface area contributed by atoms with Gasteiger partial charge in [0.25, 0.3) is 0 Å². The molecule has 2 aromatic rings. The van der Waals surface area contributed by atoms with Crippen LogP contribution in [0.1, 0.15) is 25.3 Å². The van der Waals surface area contributed by atoms with Gasteiger partial charge in [0.05, 0.1) is 11.4 Å². The first kappa shape index (κ1) is 13.4. The summed E-state index contributed by atoms with van der Waals surface area (Å²) in [6, 6.07) is 12.6. The molecule has 0 spiro atoms. The lowest BCUT2D eigenvalue weighted by Crippen LogP contribution is -2.12. The highest BCUT2D eigenvalue weighted by molar-refractivity contribution is 5.74. The monoisotopic (exact) mass is 258 g/mol. The van der Waals surface area contributed by atoms with Crippen LogP contribution in [0.25, 0.3) is 0 Å². The Bertz CT molecular complexity index is 561. The molecule has 2 N–H and O–H groups in total. The predicted octanol–water partition coefficient (Wildman–Crippen LogP) is 4.30. The van der Waals surface area contributed by atoms with Gasteiger partial charge in [-0.3, -0.25) is 0 Å². The number of rotatable bonds is 3. The lowest BCUT2D eigenvalue weighted by Gasteiger charge is -2.22. The van der Waals surface area contributed by atoms with Gasteiger partial charge in [0.2, 0.25) is 0 Å². The molecule has 100 valence electrons. The van der Waals surface area contributed by atoms with Gasteiger partial charge < -0.3 is 10.6 Å². The third-order valence-electron chi connectivity index (χ3n) is 3.30. The van der Waals surface area contributed by atoms with E-state index in [4.69, 9.17) is 5.73 Å². The van der Waals surface area contributed by atoms with Crippen molar-refractivity contribution in [3.05, 3.63) is 53.8 Å². The molecule has 0 radical (unpaired) electrons. The Kier molecular flexibility index (Phi) is 3.74. The van der Waals surface area contributed by atoms with E-state index in [0.717, 1.165) is 5.69 Å². The van der Waals surface area contributed by atoms with Crippen LogP contribution in [-0.4, -0.2) is 7.05 Å². The second-order valence-corrected chi connectivity index (χ2v) is 5.01. The summed E-state index contributed by atoms with van der Waals surface area (Å²) in [4.78, 5) is 1.89. The molecule has 0 saturated heterocycles. The van der Waals surface area contributed by atoms with E-state index in [1.165, 1.54) is 17.7 Å². The highest BCUT2D eigenvalue weighted by Gasteiger charge is 2.09. The zero-order valence-corrected chi connectivity index (χ0v) is 11.5. The molecule has 0 saturated carbocycles. The molecule has 2 aromatic carbocycles. The largest absolute Gasteiger partial charge is 0.397 e. The van der Waals surface area contributed by atoms with E-state index >= 15 is 0 Å². The van der Waals surface area contributed by atoms with Crippen LogP contribution in [0, 0.1) is 5.82 Å². The van der Waals surface area contributed by atoms with Crippen molar-refractivity contribution in [2.75, 3.05) is 17.7 Å². The predicted molar refractivity (Wildman–Crippen MR) is 79.4 cm³/mol. The van der Waals surface area contributed by atoms with Crippen LogP contribution in [0.3, 0.4) is 0 Å². The van der Waals surface area contributed by atoms with Crippen LogP contribution >= 0.6 is 0 Å². The Labute approximate surface area is 113 Å². The van der Waals surface area contributed by atoms with Crippen molar-refractivity contribution >= 4 is 17.1 Å². The summed E-state index contributed by atoms with van der Waals surface area (Å²) in [6.45, 7) is 4.31. The van der Waals surface area contributed by atoms with Gasteiger partial charge in [-0.05, 0) is 41.8 Å². The normalized spacial score (nSPS) is 10.8. The number of nitrogens with two attached hydrogens (primary N) is 1. The minimum atomic E-state index is -0.283. The summed E-state index contributed by atoms with van der Waals surface area (Å²) < 4.78 is 13.3. The smallest absolute Gasteiger partial charge is 0.125 e. The van der Waals surface area contributed by atoms with E-state index in [1.54, 1.807) is 6.07 Å². The van der Waals surface area contributed by atoms with E-state index in [1.807, 2.05) is 24.1 Å². The summed E-state index contributed by atoms with van der Waals surface area (Å²) >= 11 is 0.